The molecule has 3 aromatic rings. The number of aldehydes is 1. The van der Waals surface area contributed by atoms with E-state index in [1.165, 1.54) is 47.0 Å². The maximum Gasteiger partial charge on any atom is 0.410 e. The van der Waals surface area contributed by atoms with Crippen LogP contribution in [-0.4, -0.2) is 273 Å². The normalized spacial score (nSPS) is 20.9. The molecule has 514 valence electrons. The molecule has 11 rings (SSSR count). The van der Waals surface area contributed by atoms with Crippen LogP contribution in [-0.2, 0) is 19.0 Å². The van der Waals surface area contributed by atoms with Gasteiger partial charge in [-0.2, -0.15) is 4.98 Å². The second kappa shape index (κ2) is 31.0. The van der Waals surface area contributed by atoms with Gasteiger partial charge in [-0.1, -0.05) is 0 Å². The topological polar surface area (TPSA) is 245 Å². The number of hydrogen-bond acceptors (Lipinski definition) is 19. The van der Waals surface area contributed by atoms with E-state index < -0.39 is 75.9 Å². The Bertz CT molecular complexity index is 2880. The monoisotopic (exact) mass is 1340 g/mol. The summed E-state index contributed by atoms with van der Waals surface area (Å²) < 4.78 is 91.1. The third-order valence-electron chi connectivity index (χ3n) is 15.4. The molecule has 0 aliphatic carbocycles. The first kappa shape index (κ1) is 76.0. The van der Waals surface area contributed by atoms with Crippen molar-refractivity contribution in [2.45, 2.75) is 153 Å². The highest BCUT2D eigenvalue weighted by Gasteiger charge is 2.50. The molecule has 8 saturated heterocycles. The van der Waals surface area contributed by atoms with Crippen LogP contribution in [0.5, 0.6) is 5.88 Å². The van der Waals surface area contributed by atoms with Crippen LogP contribution in [0.1, 0.15) is 117 Å². The average molecular weight is 1340 g/mol. The van der Waals surface area contributed by atoms with Crippen molar-refractivity contribution in [2.75, 3.05) is 148 Å². The van der Waals surface area contributed by atoms with Gasteiger partial charge in [-0.25, -0.2) is 51.3 Å². The zero-order valence-corrected chi connectivity index (χ0v) is 56.1. The number of nitrogens with one attached hydrogen (secondary N) is 2. The van der Waals surface area contributed by atoms with Crippen LogP contribution in [0.25, 0.3) is 5.65 Å². The number of imidazole rings is 1. The summed E-state index contributed by atoms with van der Waals surface area (Å²) in [5.74, 6) is 0.715. The van der Waals surface area contributed by atoms with Gasteiger partial charge >= 0.3 is 18.3 Å². The number of methoxy groups -OCH3 is 1. The van der Waals surface area contributed by atoms with Crippen molar-refractivity contribution in [3.63, 3.8) is 0 Å². The molecule has 91 heavy (non-hydrogen) atoms. The first-order chi connectivity index (χ1) is 41.5. The van der Waals surface area contributed by atoms with E-state index in [0.29, 0.717) is 55.9 Å². The lowest BCUT2D eigenvalue weighted by atomic mass is 9.95. The summed E-state index contributed by atoms with van der Waals surface area (Å²) in [6.45, 7) is 26.3. The summed E-state index contributed by atoms with van der Waals surface area (Å²) in [5.41, 5.74) is -7.00. The van der Waals surface area contributed by atoms with E-state index in [9.17, 15) is 45.9 Å². The summed E-state index contributed by atoms with van der Waals surface area (Å²) in [6.07, 6.45) is 12.2. The molecule has 3 aromatic heterocycles. The SMILES string of the molecule is CC(C)(C)OC(=O)N1CC(F)(C=O)C1.CC(C)(C)OC(=O)N1CC(F)(CN2CCCC2)C1.CC(C)(C)OC(=O)N1CC(F)(CO)C1.COc1nc(NC(=O)c2cnc(N3CC(F)(CN4CCCC4)C3)cn2)cn2cc(C)nc12.Cl.Cl.FC1(CN2CCCC2)CNC1. The summed E-state index contributed by atoms with van der Waals surface area (Å²) in [5, 5.41) is 14.3. The van der Waals surface area contributed by atoms with Crippen LogP contribution in [0.2, 0.25) is 0 Å². The summed E-state index contributed by atoms with van der Waals surface area (Å²) in [7, 11) is 1.50. The minimum atomic E-state index is -1.86. The van der Waals surface area contributed by atoms with Crippen LogP contribution in [0.4, 0.5) is 48.0 Å². The quantitative estimate of drug-likeness (QED) is 0.0932. The molecule has 8 aliphatic heterocycles. The lowest BCUT2D eigenvalue weighted by molar-refractivity contribution is -0.128. The summed E-state index contributed by atoms with van der Waals surface area (Å²) in [6, 6.07) is 0. The van der Waals surface area contributed by atoms with Gasteiger partial charge in [-0.15, -0.1) is 24.8 Å². The smallest absolute Gasteiger partial charge is 0.410 e. The number of aromatic nitrogens is 5. The highest BCUT2D eigenvalue weighted by molar-refractivity contribution is 6.02. The van der Waals surface area contributed by atoms with Gasteiger partial charge in [-0.3, -0.25) is 14.0 Å². The van der Waals surface area contributed by atoms with Gasteiger partial charge in [0.2, 0.25) is 11.3 Å². The van der Waals surface area contributed by atoms with Crippen molar-refractivity contribution in [3.8, 4) is 5.88 Å². The maximum atomic E-state index is 14.9. The molecule has 31 heteroatoms. The molecular weight excluding hydrogens is 1240 g/mol. The number of hydrogen-bond donors (Lipinski definition) is 3. The Morgan fingerprint density at radius 2 is 1.02 bits per heavy atom. The zero-order chi connectivity index (χ0) is 65.4. The van der Waals surface area contributed by atoms with Crippen molar-refractivity contribution >= 4 is 72.6 Å². The molecule has 0 atom stereocenters. The van der Waals surface area contributed by atoms with Crippen LogP contribution in [0, 0.1) is 6.92 Å². The number of anilines is 2. The Morgan fingerprint density at radius 3 is 1.40 bits per heavy atom. The van der Waals surface area contributed by atoms with E-state index in [2.05, 4.69) is 45.3 Å². The van der Waals surface area contributed by atoms with Gasteiger partial charge in [-0.05, 0) is 147 Å². The number of rotatable bonds is 12. The van der Waals surface area contributed by atoms with Crippen LogP contribution >= 0.6 is 24.8 Å². The van der Waals surface area contributed by atoms with E-state index in [1.54, 1.807) is 52.1 Å². The largest absolute Gasteiger partial charge is 0.478 e. The van der Waals surface area contributed by atoms with Crippen LogP contribution in [0.15, 0.2) is 24.8 Å². The maximum absolute atomic E-state index is 14.9. The number of amides is 4. The van der Waals surface area contributed by atoms with Crippen LogP contribution < -0.4 is 20.3 Å². The molecule has 0 bridgehead atoms. The molecule has 3 N–H and O–H groups in total. The fourth-order valence-corrected chi connectivity index (χ4v) is 11.0. The number of nitrogens with zero attached hydrogens (tertiary/aromatic N) is 12. The van der Waals surface area contributed by atoms with Crippen LogP contribution in [0.3, 0.4) is 0 Å². The van der Waals surface area contributed by atoms with Gasteiger partial charge < -0.3 is 69.0 Å². The molecule has 0 radical (unpaired) electrons. The summed E-state index contributed by atoms with van der Waals surface area (Å²) >= 11 is 0. The van der Waals surface area contributed by atoms with E-state index in [-0.39, 0.29) is 89.2 Å². The third kappa shape index (κ3) is 22.5. The third-order valence-corrected chi connectivity index (χ3v) is 15.4. The first-order valence-corrected chi connectivity index (χ1v) is 30.6. The molecular formula is C60H95Cl2F5N14O10. The average Bonchev–Trinajstić information content (AvgIpc) is 0.900. The molecule has 4 amide bonds. The Balaban J connectivity index is 0.000000219. The predicted octanol–water partition coefficient (Wildman–Crippen LogP) is 7.07. The van der Waals surface area contributed by atoms with E-state index >= 15 is 0 Å². The summed E-state index contributed by atoms with van der Waals surface area (Å²) in [4.78, 5) is 86.5. The highest BCUT2D eigenvalue weighted by Crippen LogP contribution is 2.33. The number of aliphatic hydroxyl groups is 1. The van der Waals surface area contributed by atoms with Crippen molar-refractivity contribution < 1.29 is 70.0 Å². The molecule has 0 unspecified atom stereocenters. The van der Waals surface area contributed by atoms with Crippen molar-refractivity contribution in [3.05, 3.63) is 36.2 Å². The second-order valence-electron chi connectivity index (χ2n) is 27.8. The first-order valence-electron chi connectivity index (χ1n) is 30.6. The molecule has 0 saturated carbocycles. The van der Waals surface area contributed by atoms with Gasteiger partial charge in [0.05, 0.1) is 90.4 Å². The van der Waals surface area contributed by atoms with Gasteiger partial charge in [0.1, 0.15) is 34.0 Å². The minimum absolute atomic E-state index is 0. The number of aryl methyl sites for hydroxylation is 1. The number of carbonyl (C=O) groups is 5. The predicted molar refractivity (Wildman–Crippen MR) is 337 cm³/mol. The molecule has 11 heterocycles. The number of halogens is 7. The van der Waals surface area contributed by atoms with Gasteiger partial charge in [0, 0.05) is 38.9 Å². The lowest BCUT2D eigenvalue weighted by Gasteiger charge is -2.46. The molecule has 0 spiro atoms. The highest BCUT2D eigenvalue weighted by atomic mass is 35.5. The van der Waals surface area contributed by atoms with Gasteiger partial charge in [0.25, 0.3) is 11.8 Å². The number of ether oxygens (including phenoxy) is 4. The van der Waals surface area contributed by atoms with Crippen molar-refractivity contribution in [1.29, 1.82) is 0 Å². The van der Waals surface area contributed by atoms with E-state index in [1.807, 2.05) is 38.8 Å². The van der Waals surface area contributed by atoms with Gasteiger partial charge in [0.15, 0.2) is 29.1 Å². The van der Waals surface area contributed by atoms with E-state index in [0.717, 1.165) is 70.6 Å². The fraction of sp³-hybridized carbons (Fsp3) is 0.750. The Morgan fingerprint density at radius 1 is 0.604 bits per heavy atom. The molecule has 8 aliphatic rings. The fourth-order valence-electron chi connectivity index (χ4n) is 11.0. The number of carbonyl (C=O) groups excluding carboxylic acids is 5. The van der Waals surface area contributed by atoms with E-state index in [4.69, 9.17) is 24.1 Å². The number of fused-ring (bicyclic) bond motifs is 1. The zero-order valence-electron chi connectivity index (χ0n) is 54.5. The molecule has 0 aromatic carbocycles. The Kier molecular flexibility index (Phi) is 25.9. The standard InChI is InChI=1S/C21H25FN8O2.C13H23FN2O2.C9H16FNO3.C9H14FNO3.C8H15FN2.2ClH/c1-14-9-29-10-16(27-20(32-2)18(29)25-14)26-19(31)15-7-24-17(8-23-15)30-12-21(22,13-30)11-28-5-3-4-6-28;1-12(2,3)18-11(17)16-9-13(14,10-16)8-15-6-4-5-7-15;2*1-8(2,3)14-7(13)11-4-9(10,5-11)6-12;9-8(5-10-6-8)7-11-3-1-2-4-11;;/h7-10H,3-6,11-13H2,1-2H3,(H,26,31);4-10H2,1-3H3;12H,4-6H2,1-3H3;6H,4-5H2,1-3H3;10H,1-7H2;2*1H. The minimum Gasteiger partial charge on any atom is -0.478 e. The Labute approximate surface area is 542 Å². The lowest BCUT2D eigenvalue weighted by Crippen LogP contribution is -2.65. The second-order valence-corrected chi connectivity index (χ2v) is 27.8. The Hall–Kier alpha value is -5.72. The molecule has 24 nitrogen and oxygen atoms in total. The number of likely N-dealkylation sites (tertiary alicyclic amines) is 6. The molecule has 8 fully saturated rings. The van der Waals surface area contributed by atoms with Crippen molar-refractivity contribution in [1.82, 2.24) is 59.1 Å². The number of aliphatic hydroxyl groups excluding tert-OH is 1. The van der Waals surface area contributed by atoms with Crippen molar-refractivity contribution in [2.24, 2.45) is 0 Å². The number of alkyl halides is 5.